The first kappa shape index (κ1) is 14.9. The lowest BCUT2D eigenvalue weighted by Crippen LogP contribution is -2.99. The Labute approximate surface area is 137 Å². The molecule has 0 saturated carbocycles. The zero-order chi connectivity index (χ0) is 16.7. The lowest BCUT2D eigenvalue weighted by atomic mass is 9.95. The molecule has 0 spiro atoms. The number of hydrogen-bond acceptors (Lipinski definition) is 6. The molecule has 0 saturated heterocycles. The van der Waals surface area contributed by atoms with Crippen LogP contribution in [0, 0.1) is 5.21 Å². The zero-order valence-corrected chi connectivity index (χ0v) is 12.7. The first-order chi connectivity index (χ1) is 11.6. The van der Waals surface area contributed by atoms with Crippen LogP contribution >= 0.6 is 0 Å². The van der Waals surface area contributed by atoms with Crippen LogP contribution < -0.4 is 19.4 Å². The summed E-state index contributed by atoms with van der Waals surface area (Å²) in [6, 6.07) is 9.80. The van der Waals surface area contributed by atoms with E-state index in [2.05, 4.69) is 0 Å². The van der Waals surface area contributed by atoms with Crippen molar-refractivity contribution in [1.82, 2.24) is 0 Å². The highest BCUT2D eigenvalue weighted by Gasteiger charge is 2.29. The molecule has 2 heterocycles. The number of nitrogens with one attached hydrogen (secondary N) is 1. The molecule has 4 rings (SSSR count). The summed E-state index contributed by atoms with van der Waals surface area (Å²) in [6.45, 7) is 1.01. The largest absolute Gasteiger partial charge is 0.595 e. The molecule has 0 fully saturated rings. The fourth-order valence-electron chi connectivity index (χ4n) is 2.90. The van der Waals surface area contributed by atoms with Gasteiger partial charge in [0.15, 0.2) is 23.0 Å². The number of rotatable bonds is 2. The van der Waals surface area contributed by atoms with Gasteiger partial charge in [-0.3, -0.25) is 4.79 Å². The molecule has 0 amide bonds. The number of Topliss-reactive ketones (excluding diaryl/α,β-unsaturated/α-hetero) is 1. The molecular weight excluding hydrogens is 314 g/mol. The molecule has 2 atom stereocenters. The molecule has 2 N–H and O–H groups in total. The summed E-state index contributed by atoms with van der Waals surface area (Å²) in [5.41, 5.74) is 1.20. The van der Waals surface area contributed by atoms with Crippen LogP contribution in [-0.4, -0.2) is 24.2 Å². The molecule has 2 aromatic rings. The highest BCUT2D eigenvalue weighted by Crippen LogP contribution is 2.39. The fraction of sp³-hybridized carbons (Fsp3) is 0.235. The maximum atomic E-state index is 12.4. The van der Waals surface area contributed by atoms with Crippen molar-refractivity contribution >= 4 is 11.5 Å². The van der Waals surface area contributed by atoms with E-state index in [4.69, 9.17) is 19.4 Å². The lowest BCUT2D eigenvalue weighted by Gasteiger charge is -2.27. The number of carbonyl (C=O) groups excluding carboxylic acids is 1. The van der Waals surface area contributed by atoms with Crippen molar-refractivity contribution in [3.8, 4) is 17.2 Å². The Bertz CT molecular complexity index is 804. The predicted octanol–water partition coefficient (Wildman–Crippen LogP) is 1.57. The third-order valence-electron chi connectivity index (χ3n) is 4.10. The van der Waals surface area contributed by atoms with Gasteiger partial charge in [-0.25, -0.2) is 5.21 Å². The van der Waals surface area contributed by atoms with Crippen LogP contribution in [0.2, 0.25) is 0 Å². The SMILES string of the molecule is O=C1CC(c2ccc3c(c2)OCCO3)Oc2ccc([NH+]([O-])O)cc21. The minimum Gasteiger partial charge on any atom is -0.595 e. The monoisotopic (exact) mass is 329 g/mol. The van der Waals surface area contributed by atoms with Crippen LogP contribution in [0.5, 0.6) is 17.2 Å². The van der Waals surface area contributed by atoms with Crippen molar-refractivity contribution in [3.63, 3.8) is 0 Å². The van der Waals surface area contributed by atoms with Crippen molar-refractivity contribution in [2.45, 2.75) is 12.5 Å². The Kier molecular flexibility index (Phi) is 3.61. The van der Waals surface area contributed by atoms with Crippen molar-refractivity contribution in [1.29, 1.82) is 0 Å². The maximum absolute atomic E-state index is 12.4. The standard InChI is InChI=1S/C17H15NO6/c19-13-9-16(10-1-3-15-17(7-10)23-6-5-22-15)24-14-4-2-11(18(20)21)8-12(13)14/h1-4,7-8,16,18,20H,5-6,9H2. The molecule has 124 valence electrons. The highest BCUT2D eigenvalue weighted by atomic mass is 16.8. The van der Waals surface area contributed by atoms with Gasteiger partial charge < -0.3 is 19.4 Å². The van der Waals surface area contributed by atoms with E-state index >= 15 is 0 Å². The molecular formula is C17H15NO6. The molecule has 0 bridgehead atoms. The summed E-state index contributed by atoms with van der Waals surface area (Å²) in [6.07, 6.45) is -0.285. The van der Waals surface area contributed by atoms with E-state index < -0.39 is 11.3 Å². The van der Waals surface area contributed by atoms with Gasteiger partial charge in [0.05, 0.1) is 12.0 Å². The van der Waals surface area contributed by atoms with Crippen molar-refractivity contribution < 1.29 is 29.4 Å². The Morgan fingerprint density at radius 3 is 2.58 bits per heavy atom. The van der Waals surface area contributed by atoms with E-state index in [1.807, 2.05) is 12.1 Å². The van der Waals surface area contributed by atoms with Gasteiger partial charge in [-0.15, -0.1) is 0 Å². The molecule has 0 aliphatic carbocycles. The van der Waals surface area contributed by atoms with Gasteiger partial charge in [0.2, 0.25) is 0 Å². The lowest BCUT2D eigenvalue weighted by molar-refractivity contribution is -0.991. The van der Waals surface area contributed by atoms with Crippen molar-refractivity contribution in [2.75, 3.05) is 13.2 Å². The number of quaternary nitrogens is 1. The van der Waals surface area contributed by atoms with E-state index in [0.29, 0.717) is 36.0 Å². The van der Waals surface area contributed by atoms with E-state index in [0.717, 1.165) is 5.56 Å². The van der Waals surface area contributed by atoms with E-state index in [9.17, 15) is 10.0 Å². The second-order valence-electron chi connectivity index (χ2n) is 5.65. The quantitative estimate of drug-likeness (QED) is 0.813. The summed E-state index contributed by atoms with van der Waals surface area (Å²) in [5.74, 6) is 1.58. The number of carbonyl (C=O) groups is 1. The minimum absolute atomic E-state index is 0.0727. The van der Waals surface area contributed by atoms with Crippen LogP contribution in [-0.2, 0) is 0 Å². The third-order valence-corrected chi connectivity index (χ3v) is 4.10. The number of fused-ring (bicyclic) bond motifs is 2. The van der Waals surface area contributed by atoms with E-state index in [1.165, 1.54) is 18.2 Å². The van der Waals surface area contributed by atoms with Crippen molar-refractivity contribution in [2.24, 2.45) is 0 Å². The normalized spacial score (nSPS) is 20.1. The fourth-order valence-corrected chi connectivity index (χ4v) is 2.90. The second-order valence-corrected chi connectivity index (χ2v) is 5.65. The number of ether oxygens (including phenoxy) is 3. The van der Waals surface area contributed by atoms with Crippen LogP contribution in [0.25, 0.3) is 0 Å². The minimum atomic E-state index is -1.07. The second kappa shape index (κ2) is 5.79. The number of hydrogen-bond donors (Lipinski definition) is 2. The van der Waals surface area contributed by atoms with Gasteiger partial charge in [-0.1, -0.05) is 6.07 Å². The molecule has 24 heavy (non-hydrogen) atoms. The Balaban J connectivity index is 1.64. The van der Waals surface area contributed by atoms with E-state index in [-0.39, 0.29) is 17.9 Å². The average molecular weight is 329 g/mol. The summed E-state index contributed by atoms with van der Waals surface area (Å²) < 4.78 is 17.0. The van der Waals surface area contributed by atoms with Crippen LogP contribution in [0.3, 0.4) is 0 Å². The highest BCUT2D eigenvalue weighted by molar-refractivity contribution is 6.00. The molecule has 7 heteroatoms. The molecule has 2 aliphatic rings. The summed E-state index contributed by atoms with van der Waals surface area (Å²) >= 11 is 0. The molecule has 2 unspecified atom stereocenters. The molecule has 2 aromatic carbocycles. The third kappa shape index (κ3) is 2.58. The average Bonchev–Trinajstić information content (AvgIpc) is 2.61. The topological polar surface area (TPSA) is 92.5 Å². The molecule has 7 nitrogen and oxygen atoms in total. The molecule has 0 radical (unpaired) electrons. The van der Waals surface area contributed by atoms with Crippen LogP contribution in [0.15, 0.2) is 36.4 Å². The van der Waals surface area contributed by atoms with Gasteiger partial charge >= 0.3 is 0 Å². The van der Waals surface area contributed by atoms with Gasteiger partial charge in [-0.05, 0) is 23.8 Å². The smallest absolute Gasteiger partial charge is 0.170 e. The van der Waals surface area contributed by atoms with Gasteiger partial charge in [0.25, 0.3) is 0 Å². The van der Waals surface area contributed by atoms with Gasteiger partial charge in [0, 0.05) is 12.1 Å². The zero-order valence-electron chi connectivity index (χ0n) is 12.7. The summed E-state index contributed by atoms with van der Waals surface area (Å²) in [7, 11) is 0. The number of benzene rings is 2. The van der Waals surface area contributed by atoms with Crippen LogP contribution in [0.1, 0.15) is 28.4 Å². The predicted molar refractivity (Wildman–Crippen MR) is 82.0 cm³/mol. The Morgan fingerprint density at radius 1 is 1.04 bits per heavy atom. The maximum Gasteiger partial charge on any atom is 0.170 e. The Hall–Kier alpha value is -2.61. The van der Waals surface area contributed by atoms with E-state index in [1.54, 1.807) is 6.07 Å². The molecule has 2 aliphatic heterocycles. The van der Waals surface area contributed by atoms with Gasteiger partial charge in [0.1, 0.15) is 25.1 Å². The first-order valence-electron chi connectivity index (χ1n) is 7.58. The molecule has 0 aromatic heterocycles. The first-order valence-corrected chi connectivity index (χ1v) is 7.58. The summed E-state index contributed by atoms with van der Waals surface area (Å²) in [4.78, 5) is 12.4. The van der Waals surface area contributed by atoms with Crippen LogP contribution in [0.4, 0.5) is 5.69 Å². The van der Waals surface area contributed by atoms with Crippen molar-refractivity contribution in [3.05, 3.63) is 52.7 Å². The number of ketones is 1. The van der Waals surface area contributed by atoms with Gasteiger partial charge in [-0.2, -0.15) is 5.23 Å². The Morgan fingerprint density at radius 2 is 1.79 bits per heavy atom. The summed E-state index contributed by atoms with van der Waals surface area (Å²) in [5, 5.41) is 19.0.